The van der Waals surface area contributed by atoms with E-state index in [-0.39, 0.29) is 24.4 Å². The number of urea groups is 1. The summed E-state index contributed by atoms with van der Waals surface area (Å²) in [6, 6.07) is 17.3. The molecule has 1 atom stereocenters. The Bertz CT molecular complexity index is 1260. The van der Waals surface area contributed by atoms with Crippen molar-refractivity contribution in [2.24, 2.45) is 5.73 Å². The van der Waals surface area contributed by atoms with Crippen LogP contribution in [0, 0.1) is 0 Å². The Labute approximate surface area is 197 Å². The second kappa shape index (κ2) is 10.7. The number of carbonyl (C=O) groups is 2. The molecule has 0 saturated carbocycles. The average Bonchev–Trinajstić information content (AvgIpc) is 3.48. The highest BCUT2D eigenvalue weighted by Crippen LogP contribution is 2.22. The number of imidazole rings is 1. The van der Waals surface area contributed by atoms with Gasteiger partial charge in [0.15, 0.2) is 0 Å². The van der Waals surface area contributed by atoms with Crippen LogP contribution in [-0.2, 0) is 13.0 Å². The maximum absolute atomic E-state index is 12.3. The number of rotatable bonds is 10. The zero-order valence-corrected chi connectivity index (χ0v) is 18.7. The van der Waals surface area contributed by atoms with Crippen molar-refractivity contribution in [1.82, 2.24) is 19.4 Å². The molecular formula is C25H28N6O3. The number of aryl methyl sites for hydroxylation is 1. The topological polar surface area (TPSA) is 127 Å². The fraction of sp³-hybridized carbons (Fsp3) is 0.240. The number of aromatic nitrogens is 3. The lowest BCUT2D eigenvalue weighted by Crippen LogP contribution is -2.30. The summed E-state index contributed by atoms with van der Waals surface area (Å²) in [4.78, 5) is 27.6. The molecule has 0 aliphatic carbocycles. The van der Waals surface area contributed by atoms with Gasteiger partial charge in [0.25, 0.3) is 5.91 Å². The second-order valence-corrected chi connectivity index (χ2v) is 8.09. The lowest BCUT2D eigenvalue weighted by Gasteiger charge is -2.16. The van der Waals surface area contributed by atoms with Crippen molar-refractivity contribution < 1.29 is 14.7 Å². The Kier molecular flexibility index (Phi) is 7.24. The van der Waals surface area contributed by atoms with Crippen LogP contribution in [0.5, 0.6) is 0 Å². The van der Waals surface area contributed by atoms with E-state index in [1.807, 2.05) is 60.8 Å². The molecule has 5 N–H and O–H groups in total. The maximum atomic E-state index is 12.3. The number of nitrogens with zero attached hydrogens (tertiary/aromatic N) is 3. The van der Waals surface area contributed by atoms with Gasteiger partial charge in [0.1, 0.15) is 5.69 Å². The fourth-order valence-electron chi connectivity index (χ4n) is 3.88. The molecule has 176 valence electrons. The Morgan fingerprint density at radius 2 is 1.94 bits per heavy atom. The molecule has 3 amide bonds. The Morgan fingerprint density at radius 3 is 2.68 bits per heavy atom. The maximum Gasteiger partial charge on any atom is 0.319 e. The molecule has 34 heavy (non-hydrogen) atoms. The van der Waals surface area contributed by atoms with Crippen LogP contribution >= 0.6 is 0 Å². The number of hydrogen-bond acceptors (Lipinski definition) is 4. The van der Waals surface area contributed by atoms with Gasteiger partial charge in [-0.15, -0.1) is 0 Å². The third-order valence-corrected chi connectivity index (χ3v) is 5.76. The summed E-state index contributed by atoms with van der Waals surface area (Å²) in [6.45, 7) is 1.08. The van der Waals surface area contributed by atoms with E-state index in [1.54, 1.807) is 10.8 Å². The average molecular weight is 461 g/mol. The summed E-state index contributed by atoms with van der Waals surface area (Å²) >= 11 is 0. The Hall–Kier alpha value is -4.11. The third kappa shape index (κ3) is 5.62. The molecule has 2 heterocycles. The van der Waals surface area contributed by atoms with E-state index < -0.39 is 5.91 Å². The van der Waals surface area contributed by atoms with Crippen molar-refractivity contribution in [2.45, 2.75) is 25.4 Å². The number of nitrogens with two attached hydrogens (primary N) is 1. The Balaban J connectivity index is 1.36. The van der Waals surface area contributed by atoms with E-state index in [0.717, 1.165) is 17.3 Å². The van der Waals surface area contributed by atoms with E-state index >= 15 is 0 Å². The van der Waals surface area contributed by atoms with Gasteiger partial charge in [-0.2, -0.15) is 0 Å². The van der Waals surface area contributed by atoms with Crippen molar-refractivity contribution in [3.05, 3.63) is 84.6 Å². The van der Waals surface area contributed by atoms with Crippen LogP contribution in [0.25, 0.3) is 10.9 Å². The highest BCUT2D eigenvalue weighted by atomic mass is 16.3. The molecule has 0 spiro atoms. The molecule has 4 aromatic rings. The molecule has 0 aliphatic heterocycles. The molecule has 9 heteroatoms. The first kappa shape index (κ1) is 23.1. The highest BCUT2D eigenvalue weighted by molar-refractivity contribution is 5.93. The summed E-state index contributed by atoms with van der Waals surface area (Å²) < 4.78 is 3.78. The molecule has 0 radical (unpaired) electrons. The van der Waals surface area contributed by atoms with Crippen LogP contribution in [0.15, 0.2) is 73.3 Å². The van der Waals surface area contributed by atoms with Crippen molar-refractivity contribution in [2.75, 3.05) is 18.5 Å². The van der Waals surface area contributed by atoms with Crippen molar-refractivity contribution in [1.29, 1.82) is 0 Å². The number of amides is 3. The van der Waals surface area contributed by atoms with Crippen LogP contribution in [0.4, 0.5) is 10.5 Å². The fourth-order valence-corrected chi connectivity index (χ4v) is 3.88. The number of hydrogen-bond donors (Lipinski definition) is 4. The van der Waals surface area contributed by atoms with Crippen molar-refractivity contribution >= 4 is 28.5 Å². The normalized spacial score (nSPS) is 11.9. The van der Waals surface area contributed by atoms with Gasteiger partial charge in [-0.1, -0.05) is 36.4 Å². The SMILES string of the molecule is NC(=O)c1cn(C(CO)CCn2ccc3ccc(NC(=O)NCCc4ccccc4)cc32)cn1. The zero-order valence-electron chi connectivity index (χ0n) is 18.7. The van der Waals surface area contributed by atoms with Crippen LogP contribution in [0.3, 0.4) is 0 Å². The molecular weight excluding hydrogens is 432 g/mol. The number of primary amides is 1. The molecule has 1 unspecified atom stereocenters. The molecule has 0 saturated heterocycles. The molecule has 4 rings (SSSR count). The van der Waals surface area contributed by atoms with E-state index in [0.29, 0.717) is 25.2 Å². The van der Waals surface area contributed by atoms with E-state index in [9.17, 15) is 14.7 Å². The summed E-state index contributed by atoms with van der Waals surface area (Å²) in [6.07, 6.45) is 6.42. The first-order chi connectivity index (χ1) is 16.5. The molecule has 2 aromatic carbocycles. The Morgan fingerprint density at radius 1 is 1.12 bits per heavy atom. The van der Waals surface area contributed by atoms with Crippen molar-refractivity contribution in [3.63, 3.8) is 0 Å². The second-order valence-electron chi connectivity index (χ2n) is 8.09. The number of aliphatic hydroxyl groups is 1. The van der Waals surface area contributed by atoms with Gasteiger partial charge in [-0.25, -0.2) is 9.78 Å². The summed E-state index contributed by atoms with van der Waals surface area (Å²) in [5.41, 5.74) is 8.28. The summed E-state index contributed by atoms with van der Waals surface area (Å²) in [5, 5.41) is 16.7. The van der Waals surface area contributed by atoms with Gasteiger partial charge in [0.2, 0.25) is 0 Å². The van der Waals surface area contributed by atoms with Gasteiger partial charge < -0.3 is 30.6 Å². The van der Waals surface area contributed by atoms with Crippen LogP contribution in [0.1, 0.15) is 28.5 Å². The predicted molar refractivity (Wildman–Crippen MR) is 131 cm³/mol. The third-order valence-electron chi connectivity index (χ3n) is 5.76. The van der Waals surface area contributed by atoms with E-state index in [2.05, 4.69) is 20.2 Å². The van der Waals surface area contributed by atoms with E-state index in [4.69, 9.17) is 5.73 Å². The minimum absolute atomic E-state index is 0.0935. The molecule has 9 nitrogen and oxygen atoms in total. The van der Waals surface area contributed by atoms with Crippen LogP contribution in [-0.4, -0.2) is 44.3 Å². The monoisotopic (exact) mass is 460 g/mol. The van der Waals surface area contributed by atoms with Crippen LogP contribution in [0.2, 0.25) is 0 Å². The summed E-state index contributed by atoms with van der Waals surface area (Å²) in [7, 11) is 0. The van der Waals surface area contributed by atoms with Gasteiger partial charge in [-0.05, 0) is 42.0 Å². The molecule has 0 bridgehead atoms. The van der Waals surface area contributed by atoms with Gasteiger partial charge in [-0.3, -0.25) is 4.79 Å². The highest BCUT2D eigenvalue weighted by Gasteiger charge is 2.14. The predicted octanol–water partition coefficient (Wildman–Crippen LogP) is 2.92. The number of anilines is 1. The standard InChI is InChI=1S/C25H28N6O3/c26-24(33)22-15-31(17-28-22)21(16-32)10-13-30-12-9-19-6-7-20(14-23(19)30)29-25(34)27-11-8-18-4-2-1-3-5-18/h1-7,9,12,14-15,17,21,32H,8,10-11,13,16H2,(H2,26,33)(H2,27,29,34). The van der Waals surface area contributed by atoms with Gasteiger partial charge in [0.05, 0.1) is 24.5 Å². The number of carbonyl (C=O) groups excluding carboxylic acids is 2. The lowest BCUT2D eigenvalue weighted by molar-refractivity contribution is 0.0995. The first-order valence-electron chi connectivity index (χ1n) is 11.2. The minimum atomic E-state index is -0.601. The van der Waals surface area contributed by atoms with Crippen LogP contribution < -0.4 is 16.4 Å². The number of nitrogens with one attached hydrogen (secondary N) is 2. The molecule has 0 aliphatic rings. The quantitative estimate of drug-likeness (QED) is 0.290. The van der Waals surface area contributed by atoms with Gasteiger partial charge >= 0.3 is 6.03 Å². The van der Waals surface area contributed by atoms with Crippen molar-refractivity contribution in [3.8, 4) is 0 Å². The molecule has 0 fully saturated rings. The minimum Gasteiger partial charge on any atom is -0.394 e. The number of fused-ring (bicyclic) bond motifs is 1. The largest absolute Gasteiger partial charge is 0.394 e. The summed E-state index contributed by atoms with van der Waals surface area (Å²) in [5.74, 6) is -0.601. The lowest BCUT2D eigenvalue weighted by atomic mass is 10.1. The first-order valence-corrected chi connectivity index (χ1v) is 11.2. The zero-order chi connectivity index (χ0) is 23.9. The van der Waals surface area contributed by atoms with Gasteiger partial charge in [0, 0.05) is 31.2 Å². The smallest absolute Gasteiger partial charge is 0.319 e. The molecule has 2 aromatic heterocycles. The van der Waals surface area contributed by atoms with E-state index in [1.165, 1.54) is 11.9 Å². The number of benzene rings is 2. The number of aliphatic hydroxyl groups excluding tert-OH is 1.